The fourth-order valence-electron chi connectivity index (χ4n) is 2.07. The molecule has 1 aromatic heterocycles. The minimum atomic E-state index is -0.874. The number of rotatable bonds is 4. The molecule has 0 atom stereocenters. The molecule has 1 saturated carbocycles. The molecule has 0 aliphatic heterocycles. The monoisotopic (exact) mass is 256 g/mol. The predicted molar refractivity (Wildman–Crippen MR) is 63.0 cm³/mol. The summed E-state index contributed by atoms with van der Waals surface area (Å²) in [5.41, 5.74) is 0. The van der Waals surface area contributed by atoms with Gasteiger partial charge in [-0.25, -0.2) is 0 Å². The summed E-state index contributed by atoms with van der Waals surface area (Å²) in [4.78, 5) is 10.4. The van der Waals surface area contributed by atoms with Crippen LogP contribution in [0.15, 0.2) is 9.64 Å². The third-order valence-electron chi connectivity index (χ3n) is 3.11. The summed E-state index contributed by atoms with van der Waals surface area (Å²) in [6.07, 6.45) is 4.58. The van der Waals surface area contributed by atoms with E-state index in [1.807, 2.05) is 0 Å². The van der Waals surface area contributed by atoms with Crippen LogP contribution in [-0.4, -0.2) is 27.0 Å². The van der Waals surface area contributed by atoms with Crippen molar-refractivity contribution in [3.8, 4) is 0 Å². The van der Waals surface area contributed by atoms with Crippen LogP contribution in [0.25, 0.3) is 0 Å². The number of aromatic nitrogens is 2. The molecule has 0 spiro atoms. The number of carbonyl (C=O) groups is 1. The highest BCUT2D eigenvalue weighted by molar-refractivity contribution is 7.99. The van der Waals surface area contributed by atoms with Crippen molar-refractivity contribution in [3.63, 3.8) is 0 Å². The van der Waals surface area contributed by atoms with E-state index in [4.69, 9.17) is 9.52 Å². The van der Waals surface area contributed by atoms with Crippen LogP contribution in [0.5, 0.6) is 0 Å². The van der Waals surface area contributed by atoms with E-state index in [2.05, 4.69) is 17.1 Å². The standard InChI is InChI=1S/C11H16N2O3S/c1-7-2-4-8(5-3-7)10-12-13-11(16-10)17-6-9(14)15/h7-8H,2-6H2,1H3,(H,14,15). The van der Waals surface area contributed by atoms with Gasteiger partial charge in [-0.05, 0) is 31.6 Å². The Kier molecular flexibility index (Phi) is 4.04. The number of hydrogen-bond donors (Lipinski definition) is 1. The number of carboxylic acids is 1. The van der Waals surface area contributed by atoms with Gasteiger partial charge >= 0.3 is 5.97 Å². The fourth-order valence-corrected chi connectivity index (χ4v) is 2.56. The summed E-state index contributed by atoms with van der Waals surface area (Å²) in [5, 5.41) is 16.8. The van der Waals surface area contributed by atoms with Crippen LogP contribution in [0, 0.1) is 5.92 Å². The minimum Gasteiger partial charge on any atom is -0.481 e. The van der Waals surface area contributed by atoms with Gasteiger partial charge in [0.25, 0.3) is 5.22 Å². The van der Waals surface area contributed by atoms with Crippen molar-refractivity contribution in [2.24, 2.45) is 5.92 Å². The molecule has 0 bridgehead atoms. The van der Waals surface area contributed by atoms with E-state index in [0.717, 1.165) is 30.5 Å². The second-order valence-corrected chi connectivity index (χ2v) is 5.47. The first-order chi connectivity index (χ1) is 8.15. The first-order valence-electron chi connectivity index (χ1n) is 5.83. The van der Waals surface area contributed by atoms with E-state index >= 15 is 0 Å². The lowest BCUT2D eigenvalue weighted by Gasteiger charge is -2.23. The van der Waals surface area contributed by atoms with Crippen LogP contribution in [-0.2, 0) is 4.79 Å². The lowest BCUT2D eigenvalue weighted by Crippen LogP contribution is -2.11. The van der Waals surface area contributed by atoms with Gasteiger partial charge in [0.2, 0.25) is 5.89 Å². The lowest BCUT2D eigenvalue weighted by molar-refractivity contribution is -0.133. The maximum atomic E-state index is 10.4. The van der Waals surface area contributed by atoms with Crippen LogP contribution in [0.2, 0.25) is 0 Å². The number of nitrogens with zero attached hydrogens (tertiary/aromatic N) is 2. The minimum absolute atomic E-state index is 0.0384. The summed E-state index contributed by atoms with van der Waals surface area (Å²) < 4.78 is 5.49. The molecule has 0 saturated heterocycles. The molecule has 0 unspecified atom stereocenters. The van der Waals surface area contributed by atoms with Crippen LogP contribution < -0.4 is 0 Å². The van der Waals surface area contributed by atoms with Crippen LogP contribution in [0.1, 0.15) is 44.4 Å². The van der Waals surface area contributed by atoms with Crippen molar-refractivity contribution in [2.45, 2.75) is 43.7 Å². The summed E-state index contributed by atoms with van der Waals surface area (Å²) in [6, 6.07) is 0. The normalized spacial score (nSPS) is 24.8. The molecule has 1 aliphatic carbocycles. The first kappa shape index (κ1) is 12.4. The molecule has 1 heterocycles. The van der Waals surface area contributed by atoms with E-state index in [0.29, 0.717) is 17.0 Å². The van der Waals surface area contributed by atoms with Gasteiger partial charge in [-0.2, -0.15) is 0 Å². The maximum absolute atomic E-state index is 10.4. The molecule has 1 fully saturated rings. The van der Waals surface area contributed by atoms with Crippen molar-refractivity contribution < 1.29 is 14.3 Å². The molecule has 6 heteroatoms. The Labute approximate surface area is 104 Å². The third kappa shape index (κ3) is 3.46. The van der Waals surface area contributed by atoms with Crippen molar-refractivity contribution in [2.75, 3.05) is 5.75 Å². The summed E-state index contributed by atoms with van der Waals surface area (Å²) in [7, 11) is 0. The molecule has 1 aromatic rings. The molecular weight excluding hydrogens is 240 g/mol. The Balaban J connectivity index is 1.91. The zero-order valence-corrected chi connectivity index (χ0v) is 10.6. The van der Waals surface area contributed by atoms with Crippen molar-refractivity contribution in [3.05, 3.63) is 5.89 Å². The Morgan fingerprint density at radius 2 is 2.12 bits per heavy atom. The average Bonchev–Trinajstić information content (AvgIpc) is 2.76. The number of hydrogen-bond acceptors (Lipinski definition) is 5. The van der Waals surface area contributed by atoms with Crippen molar-refractivity contribution >= 4 is 17.7 Å². The van der Waals surface area contributed by atoms with Gasteiger partial charge in [0.1, 0.15) is 5.75 Å². The van der Waals surface area contributed by atoms with E-state index in [9.17, 15) is 4.79 Å². The van der Waals surface area contributed by atoms with Gasteiger partial charge in [-0.3, -0.25) is 4.79 Å². The van der Waals surface area contributed by atoms with Gasteiger partial charge in [-0.1, -0.05) is 18.7 Å². The largest absolute Gasteiger partial charge is 0.481 e. The molecule has 0 aromatic carbocycles. The second-order valence-electron chi connectivity index (χ2n) is 4.55. The van der Waals surface area contributed by atoms with Crippen molar-refractivity contribution in [1.29, 1.82) is 0 Å². The Morgan fingerprint density at radius 1 is 1.41 bits per heavy atom. The maximum Gasteiger partial charge on any atom is 0.314 e. The smallest absolute Gasteiger partial charge is 0.314 e. The summed E-state index contributed by atoms with van der Waals surface area (Å²) in [6.45, 7) is 2.26. The summed E-state index contributed by atoms with van der Waals surface area (Å²) >= 11 is 1.07. The second kappa shape index (κ2) is 5.53. The summed E-state index contributed by atoms with van der Waals surface area (Å²) in [5.74, 6) is 0.905. The highest BCUT2D eigenvalue weighted by Crippen LogP contribution is 2.35. The Morgan fingerprint density at radius 3 is 2.76 bits per heavy atom. The van der Waals surface area contributed by atoms with Gasteiger partial charge in [0.15, 0.2) is 0 Å². The van der Waals surface area contributed by atoms with Crippen LogP contribution in [0.3, 0.4) is 0 Å². The third-order valence-corrected chi connectivity index (χ3v) is 3.91. The van der Waals surface area contributed by atoms with E-state index < -0.39 is 5.97 Å². The predicted octanol–water partition coefficient (Wildman–Crippen LogP) is 2.54. The number of aliphatic carboxylic acids is 1. The average molecular weight is 256 g/mol. The lowest BCUT2D eigenvalue weighted by atomic mass is 9.83. The Bertz CT molecular complexity index is 386. The zero-order chi connectivity index (χ0) is 12.3. The molecule has 2 rings (SSSR count). The van der Waals surface area contributed by atoms with E-state index in [1.54, 1.807) is 0 Å². The fraction of sp³-hybridized carbons (Fsp3) is 0.727. The van der Waals surface area contributed by atoms with Gasteiger partial charge in [0, 0.05) is 5.92 Å². The van der Waals surface area contributed by atoms with Gasteiger partial charge < -0.3 is 9.52 Å². The molecule has 0 radical (unpaired) electrons. The molecular formula is C11H16N2O3S. The highest BCUT2D eigenvalue weighted by atomic mass is 32.2. The zero-order valence-electron chi connectivity index (χ0n) is 9.76. The molecule has 17 heavy (non-hydrogen) atoms. The van der Waals surface area contributed by atoms with Crippen LogP contribution >= 0.6 is 11.8 Å². The number of thioether (sulfide) groups is 1. The van der Waals surface area contributed by atoms with Gasteiger partial charge in [-0.15, -0.1) is 10.2 Å². The SMILES string of the molecule is CC1CCC(c2nnc(SCC(=O)O)o2)CC1. The van der Waals surface area contributed by atoms with E-state index in [1.165, 1.54) is 12.8 Å². The van der Waals surface area contributed by atoms with Crippen molar-refractivity contribution in [1.82, 2.24) is 10.2 Å². The molecule has 1 N–H and O–H groups in total. The molecule has 5 nitrogen and oxygen atoms in total. The first-order valence-corrected chi connectivity index (χ1v) is 6.81. The van der Waals surface area contributed by atoms with Gasteiger partial charge in [0.05, 0.1) is 0 Å². The quantitative estimate of drug-likeness (QED) is 0.834. The van der Waals surface area contributed by atoms with Crippen LogP contribution in [0.4, 0.5) is 0 Å². The molecule has 0 amide bonds. The topological polar surface area (TPSA) is 76.2 Å². The Hall–Kier alpha value is -1.04. The van der Waals surface area contributed by atoms with E-state index in [-0.39, 0.29) is 5.75 Å². The molecule has 94 valence electrons. The highest BCUT2D eigenvalue weighted by Gasteiger charge is 2.24. The molecule has 1 aliphatic rings. The number of carboxylic acid groups (broad SMARTS) is 1.